The number of hydrogen-bond acceptors (Lipinski definition) is 1. The Kier molecular flexibility index (Phi) is 4.74. The van der Waals surface area contributed by atoms with Crippen LogP contribution in [0.1, 0.15) is 32.4 Å². The molecule has 0 saturated heterocycles. The summed E-state index contributed by atoms with van der Waals surface area (Å²) >= 11 is 3.37. The van der Waals surface area contributed by atoms with Crippen LogP contribution in [0.4, 0.5) is 4.39 Å². The van der Waals surface area contributed by atoms with Gasteiger partial charge in [-0.1, -0.05) is 36.7 Å². The van der Waals surface area contributed by atoms with Crippen molar-refractivity contribution in [2.45, 2.75) is 26.8 Å². The van der Waals surface area contributed by atoms with Gasteiger partial charge in [0.25, 0.3) is 0 Å². The molecule has 0 aromatic heterocycles. The number of benzene rings is 1. The van der Waals surface area contributed by atoms with E-state index in [2.05, 4.69) is 35.1 Å². The molecule has 1 atom stereocenters. The Hall–Kier alpha value is -0.410. The van der Waals surface area contributed by atoms with E-state index in [9.17, 15) is 4.39 Å². The van der Waals surface area contributed by atoms with Crippen LogP contribution >= 0.6 is 15.9 Å². The fraction of sp³-hybridized carbons (Fsp3) is 0.500. The Bertz CT molecular complexity index is 325. The third kappa shape index (κ3) is 3.28. The smallest absolute Gasteiger partial charge is 0.128 e. The van der Waals surface area contributed by atoms with Crippen LogP contribution < -0.4 is 5.32 Å². The van der Waals surface area contributed by atoms with Gasteiger partial charge in [-0.2, -0.15) is 0 Å². The predicted octanol–water partition coefficient (Wildman–Crippen LogP) is 3.89. The molecule has 1 unspecified atom stereocenters. The monoisotopic (exact) mass is 273 g/mol. The molecule has 3 heteroatoms. The van der Waals surface area contributed by atoms with E-state index in [1.54, 1.807) is 6.07 Å². The molecule has 0 radical (unpaired) electrons. The van der Waals surface area contributed by atoms with Crippen LogP contribution in [-0.4, -0.2) is 6.54 Å². The largest absolute Gasteiger partial charge is 0.310 e. The SMILES string of the molecule is CCNC(c1cc(Br)ccc1F)C(C)C. The molecular formula is C12H17BrFN. The zero-order chi connectivity index (χ0) is 11.4. The van der Waals surface area contributed by atoms with E-state index in [-0.39, 0.29) is 11.9 Å². The van der Waals surface area contributed by atoms with Crippen molar-refractivity contribution < 1.29 is 4.39 Å². The highest BCUT2D eigenvalue weighted by Gasteiger charge is 2.18. The Labute approximate surface area is 99.2 Å². The van der Waals surface area contributed by atoms with Gasteiger partial charge in [-0.25, -0.2) is 4.39 Å². The van der Waals surface area contributed by atoms with Gasteiger partial charge < -0.3 is 5.32 Å². The molecule has 1 nitrogen and oxygen atoms in total. The normalized spacial score (nSPS) is 13.2. The van der Waals surface area contributed by atoms with Gasteiger partial charge in [0, 0.05) is 16.1 Å². The summed E-state index contributed by atoms with van der Waals surface area (Å²) in [7, 11) is 0. The van der Waals surface area contributed by atoms with Crippen molar-refractivity contribution in [1.29, 1.82) is 0 Å². The average Bonchev–Trinajstić information content (AvgIpc) is 2.18. The number of rotatable bonds is 4. The fourth-order valence-electron chi connectivity index (χ4n) is 1.68. The maximum absolute atomic E-state index is 13.6. The quantitative estimate of drug-likeness (QED) is 0.878. The van der Waals surface area contributed by atoms with Crippen molar-refractivity contribution >= 4 is 15.9 Å². The maximum atomic E-state index is 13.6. The molecule has 0 aliphatic heterocycles. The van der Waals surface area contributed by atoms with Gasteiger partial charge >= 0.3 is 0 Å². The summed E-state index contributed by atoms with van der Waals surface area (Å²) < 4.78 is 14.6. The van der Waals surface area contributed by atoms with Crippen molar-refractivity contribution in [1.82, 2.24) is 5.32 Å². The summed E-state index contributed by atoms with van der Waals surface area (Å²) in [4.78, 5) is 0. The Balaban J connectivity index is 3.04. The topological polar surface area (TPSA) is 12.0 Å². The summed E-state index contributed by atoms with van der Waals surface area (Å²) in [6, 6.07) is 5.16. The zero-order valence-corrected chi connectivity index (χ0v) is 10.9. The standard InChI is InChI=1S/C12H17BrFN/c1-4-15-12(8(2)3)10-7-9(13)5-6-11(10)14/h5-8,12,15H,4H2,1-3H3. The lowest BCUT2D eigenvalue weighted by molar-refractivity contribution is 0.405. The number of hydrogen-bond donors (Lipinski definition) is 1. The Morgan fingerprint density at radius 2 is 2.07 bits per heavy atom. The summed E-state index contributed by atoms with van der Waals surface area (Å²) in [6.07, 6.45) is 0. The molecule has 0 spiro atoms. The van der Waals surface area contributed by atoms with Crippen LogP contribution in [0.25, 0.3) is 0 Å². The van der Waals surface area contributed by atoms with Crippen LogP contribution in [0.15, 0.2) is 22.7 Å². The summed E-state index contributed by atoms with van der Waals surface area (Å²) in [5.41, 5.74) is 0.737. The minimum absolute atomic E-state index is 0.0764. The van der Waals surface area contributed by atoms with Crippen LogP contribution in [0.5, 0.6) is 0 Å². The van der Waals surface area contributed by atoms with Crippen molar-refractivity contribution in [3.8, 4) is 0 Å². The molecular weight excluding hydrogens is 257 g/mol. The first kappa shape index (κ1) is 12.7. The number of halogens is 2. The van der Waals surface area contributed by atoms with Gasteiger partial charge in [-0.05, 0) is 30.7 Å². The first-order valence-corrected chi connectivity index (χ1v) is 6.04. The van der Waals surface area contributed by atoms with E-state index in [1.165, 1.54) is 6.07 Å². The minimum atomic E-state index is -0.141. The lowest BCUT2D eigenvalue weighted by Crippen LogP contribution is -2.26. The maximum Gasteiger partial charge on any atom is 0.128 e. The van der Waals surface area contributed by atoms with Crippen molar-refractivity contribution in [2.24, 2.45) is 5.92 Å². The predicted molar refractivity (Wildman–Crippen MR) is 65.4 cm³/mol. The molecule has 1 aromatic rings. The van der Waals surface area contributed by atoms with Crippen LogP contribution in [-0.2, 0) is 0 Å². The van der Waals surface area contributed by atoms with Gasteiger partial charge in [0.2, 0.25) is 0 Å². The molecule has 0 aliphatic rings. The van der Waals surface area contributed by atoms with E-state index < -0.39 is 0 Å². The molecule has 1 N–H and O–H groups in total. The lowest BCUT2D eigenvalue weighted by Gasteiger charge is -2.22. The lowest BCUT2D eigenvalue weighted by atomic mass is 9.95. The first-order valence-electron chi connectivity index (χ1n) is 5.24. The molecule has 1 rings (SSSR count). The molecule has 0 saturated carbocycles. The molecule has 0 bridgehead atoms. The second-order valence-electron chi connectivity index (χ2n) is 3.95. The average molecular weight is 274 g/mol. The van der Waals surface area contributed by atoms with E-state index in [0.717, 1.165) is 16.6 Å². The molecule has 84 valence electrons. The number of nitrogens with one attached hydrogen (secondary N) is 1. The fourth-order valence-corrected chi connectivity index (χ4v) is 2.06. The van der Waals surface area contributed by atoms with E-state index in [1.807, 2.05) is 13.0 Å². The third-order valence-corrected chi connectivity index (χ3v) is 2.88. The molecule has 0 fully saturated rings. The van der Waals surface area contributed by atoms with Crippen molar-refractivity contribution in [2.75, 3.05) is 6.54 Å². The first-order chi connectivity index (χ1) is 7.06. The molecule has 1 aromatic carbocycles. The third-order valence-electron chi connectivity index (χ3n) is 2.38. The second kappa shape index (κ2) is 5.61. The molecule has 0 aliphatic carbocycles. The van der Waals surface area contributed by atoms with Crippen molar-refractivity contribution in [3.05, 3.63) is 34.1 Å². The highest BCUT2D eigenvalue weighted by Crippen LogP contribution is 2.26. The molecule has 0 heterocycles. The zero-order valence-electron chi connectivity index (χ0n) is 9.35. The highest BCUT2D eigenvalue weighted by molar-refractivity contribution is 9.10. The Morgan fingerprint density at radius 1 is 1.40 bits per heavy atom. The van der Waals surface area contributed by atoms with Crippen LogP contribution in [0.3, 0.4) is 0 Å². The second-order valence-corrected chi connectivity index (χ2v) is 4.86. The summed E-state index contributed by atoms with van der Waals surface area (Å²) in [5, 5.41) is 3.31. The van der Waals surface area contributed by atoms with Crippen LogP contribution in [0, 0.1) is 11.7 Å². The van der Waals surface area contributed by atoms with E-state index >= 15 is 0 Å². The minimum Gasteiger partial charge on any atom is -0.310 e. The molecule has 0 amide bonds. The van der Waals surface area contributed by atoms with Gasteiger partial charge in [-0.15, -0.1) is 0 Å². The molecule has 15 heavy (non-hydrogen) atoms. The summed E-state index contributed by atoms with van der Waals surface area (Å²) in [5.74, 6) is 0.228. The highest BCUT2D eigenvalue weighted by atomic mass is 79.9. The Morgan fingerprint density at radius 3 is 2.60 bits per heavy atom. The van der Waals surface area contributed by atoms with Crippen LogP contribution in [0.2, 0.25) is 0 Å². The summed E-state index contributed by atoms with van der Waals surface area (Å²) in [6.45, 7) is 7.06. The van der Waals surface area contributed by atoms with Gasteiger partial charge in [0.15, 0.2) is 0 Å². The van der Waals surface area contributed by atoms with E-state index in [0.29, 0.717) is 5.92 Å². The van der Waals surface area contributed by atoms with E-state index in [4.69, 9.17) is 0 Å². The van der Waals surface area contributed by atoms with Crippen molar-refractivity contribution in [3.63, 3.8) is 0 Å². The van der Waals surface area contributed by atoms with Gasteiger partial charge in [-0.3, -0.25) is 0 Å². The van der Waals surface area contributed by atoms with Gasteiger partial charge in [0.05, 0.1) is 0 Å². The van der Waals surface area contributed by atoms with Gasteiger partial charge in [0.1, 0.15) is 5.82 Å².